The molecular weight excluding hydrogens is 492 g/mol. The number of ether oxygens (including phenoxy) is 3. The Morgan fingerprint density at radius 2 is 1.66 bits per heavy atom. The van der Waals surface area contributed by atoms with E-state index >= 15 is 0 Å². The third-order valence-electron chi connectivity index (χ3n) is 6.91. The van der Waals surface area contributed by atoms with E-state index in [1.807, 2.05) is 18.2 Å². The molecule has 1 aliphatic heterocycles. The molecule has 0 fully saturated rings. The fourth-order valence-electron chi connectivity index (χ4n) is 5.04. The van der Waals surface area contributed by atoms with Crippen LogP contribution in [0.1, 0.15) is 40.5 Å². The van der Waals surface area contributed by atoms with Crippen LogP contribution in [0.2, 0.25) is 5.04 Å². The van der Waals surface area contributed by atoms with Crippen molar-refractivity contribution in [3.8, 4) is 0 Å². The van der Waals surface area contributed by atoms with Gasteiger partial charge in [-0.3, -0.25) is 0 Å². The summed E-state index contributed by atoms with van der Waals surface area (Å²) < 4.78 is 25.0. The molecule has 0 radical (unpaired) electrons. The van der Waals surface area contributed by atoms with Crippen molar-refractivity contribution in [3.63, 3.8) is 0 Å². The number of hydrogen-bond donors (Lipinski definition) is 1. The summed E-state index contributed by atoms with van der Waals surface area (Å²) in [5.41, 5.74) is 1.33. The van der Waals surface area contributed by atoms with Crippen LogP contribution in [0.25, 0.3) is 0 Å². The lowest BCUT2D eigenvalue weighted by molar-refractivity contribution is -0.0888. The molecule has 0 spiro atoms. The Labute approximate surface area is 229 Å². The molecule has 0 unspecified atom stereocenters. The molecule has 2 aromatic carbocycles. The van der Waals surface area contributed by atoms with E-state index in [0.29, 0.717) is 13.0 Å². The molecule has 0 amide bonds. The van der Waals surface area contributed by atoms with Crippen molar-refractivity contribution >= 4 is 18.7 Å². The lowest BCUT2D eigenvalue weighted by Gasteiger charge is -2.46. The lowest BCUT2D eigenvalue weighted by atomic mass is 10.0. The maximum absolute atomic E-state index is 9.47. The van der Waals surface area contributed by atoms with Crippen LogP contribution < -0.4 is 10.4 Å². The van der Waals surface area contributed by atoms with Gasteiger partial charge in [0.05, 0.1) is 25.4 Å². The fraction of sp³-hybridized carbons (Fsp3) is 0.438. The van der Waals surface area contributed by atoms with Crippen molar-refractivity contribution in [2.75, 3.05) is 27.1 Å². The summed E-state index contributed by atoms with van der Waals surface area (Å²) in [6.45, 7) is 9.68. The molecule has 38 heavy (non-hydrogen) atoms. The van der Waals surface area contributed by atoms with E-state index in [2.05, 4.69) is 94.5 Å². The highest BCUT2D eigenvalue weighted by Gasteiger charge is 2.52. The minimum atomic E-state index is -2.85. The molecule has 0 aromatic heterocycles. The van der Waals surface area contributed by atoms with Crippen LogP contribution in [-0.4, -0.2) is 58.9 Å². The van der Waals surface area contributed by atoms with Gasteiger partial charge in [0.15, 0.2) is 0 Å². The summed E-state index contributed by atoms with van der Waals surface area (Å²) in [5.74, 6) is 0. The second-order valence-electron chi connectivity index (χ2n) is 10.8. The standard InChI is InChI=1S/C32H44O5Si/c1-26-21-23-35-27(24-26)19-20-30(36-25-34-5)31(18-12-13-22-33)37-38(32(2,3)4,28-14-8-6-9-15-28)29-16-10-7-11-17-29/h6-17,19-21,27,30-31,33H,18,22-25H2,1-5H3/b13-12+,20-19+/t27-,30+,31+/m1/s1. The zero-order valence-electron chi connectivity index (χ0n) is 23.5. The van der Waals surface area contributed by atoms with Crippen LogP contribution in [0.5, 0.6) is 0 Å². The topological polar surface area (TPSA) is 57.2 Å². The number of aliphatic hydroxyl groups is 1. The first-order valence-corrected chi connectivity index (χ1v) is 15.3. The predicted octanol–water partition coefficient (Wildman–Crippen LogP) is 5.15. The predicted molar refractivity (Wildman–Crippen MR) is 157 cm³/mol. The van der Waals surface area contributed by atoms with Crippen LogP contribution in [0, 0.1) is 0 Å². The van der Waals surface area contributed by atoms with Crippen LogP contribution >= 0.6 is 0 Å². The van der Waals surface area contributed by atoms with E-state index in [1.165, 1.54) is 15.9 Å². The number of hydrogen-bond acceptors (Lipinski definition) is 5. The number of methoxy groups -OCH3 is 1. The first-order chi connectivity index (χ1) is 18.3. The SMILES string of the molecule is COCO[C@@H](/C=C/[C@@H]1CC(C)=CCO1)[C@H](C/C=C/CO)O[Si](c1ccccc1)(c1ccccc1)C(C)(C)C. The fourth-order valence-corrected chi connectivity index (χ4v) is 9.74. The third kappa shape index (κ3) is 7.85. The van der Waals surface area contributed by atoms with E-state index in [0.717, 1.165) is 6.42 Å². The number of rotatable bonds is 13. The van der Waals surface area contributed by atoms with Gasteiger partial charge < -0.3 is 23.7 Å². The molecule has 0 aliphatic carbocycles. The average Bonchev–Trinajstić information content (AvgIpc) is 2.91. The first kappa shape index (κ1) is 30.2. The van der Waals surface area contributed by atoms with E-state index in [9.17, 15) is 5.11 Å². The summed E-state index contributed by atoms with van der Waals surface area (Å²) in [4.78, 5) is 0. The summed E-state index contributed by atoms with van der Waals surface area (Å²) in [6.07, 6.45) is 10.7. The highest BCUT2D eigenvalue weighted by molar-refractivity contribution is 6.99. The molecule has 1 aliphatic rings. The molecule has 6 heteroatoms. The summed E-state index contributed by atoms with van der Waals surface area (Å²) in [7, 11) is -1.22. The largest absolute Gasteiger partial charge is 0.401 e. The van der Waals surface area contributed by atoms with Crippen molar-refractivity contribution < 1.29 is 23.7 Å². The molecule has 1 N–H and O–H groups in total. The molecule has 5 nitrogen and oxygen atoms in total. The van der Waals surface area contributed by atoms with Crippen LogP contribution in [0.4, 0.5) is 0 Å². The molecule has 0 saturated carbocycles. The third-order valence-corrected chi connectivity index (χ3v) is 12.0. The molecule has 2 aromatic rings. The Hall–Kier alpha value is -2.32. The molecule has 1 heterocycles. The van der Waals surface area contributed by atoms with Crippen LogP contribution in [0.3, 0.4) is 0 Å². The minimum absolute atomic E-state index is 0.00450. The van der Waals surface area contributed by atoms with Crippen molar-refractivity contribution in [1.82, 2.24) is 0 Å². The second kappa shape index (κ2) is 14.7. The maximum atomic E-state index is 9.47. The van der Waals surface area contributed by atoms with E-state index in [-0.39, 0.29) is 36.7 Å². The molecule has 3 rings (SSSR count). The van der Waals surface area contributed by atoms with Crippen LogP contribution in [-0.2, 0) is 18.6 Å². The smallest absolute Gasteiger partial charge is 0.261 e. The van der Waals surface area contributed by atoms with Crippen molar-refractivity contribution in [3.05, 3.63) is 96.6 Å². The van der Waals surface area contributed by atoms with E-state index in [1.54, 1.807) is 13.2 Å². The Kier molecular flexibility index (Phi) is 11.7. The normalized spacial score (nSPS) is 18.6. The zero-order valence-corrected chi connectivity index (χ0v) is 24.5. The summed E-state index contributed by atoms with van der Waals surface area (Å²) >= 11 is 0. The Morgan fingerprint density at radius 3 is 2.18 bits per heavy atom. The van der Waals surface area contributed by atoms with Gasteiger partial charge >= 0.3 is 0 Å². The van der Waals surface area contributed by atoms with Crippen molar-refractivity contribution in [1.29, 1.82) is 0 Å². The molecular formula is C32H44O5Si. The second-order valence-corrected chi connectivity index (χ2v) is 15.0. The molecule has 206 valence electrons. The highest BCUT2D eigenvalue weighted by atomic mass is 28.4. The zero-order chi connectivity index (χ0) is 27.4. The average molecular weight is 537 g/mol. The van der Waals surface area contributed by atoms with E-state index in [4.69, 9.17) is 18.6 Å². The minimum Gasteiger partial charge on any atom is -0.401 e. The molecule has 0 saturated heterocycles. The first-order valence-electron chi connectivity index (χ1n) is 13.4. The van der Waals surface area contributed by atoms with Gasteiger partial charge in [-0.15, -0.1) is 0 Å². The van der Waals surface area contributed by atoms with Crippen LogP contribution in [0.15, 0.2) is 96.6 Å². The van der Waals surface area contributed by atoms with Gasteiger partial charge in [-0.1, -0.05) is 117 Å². The van der Waals surface area contributed by atoms with Gasteiger partial charge in [0.1, 0.15) is 12.9 Å². The molecule has 3 atom stereocenters. The summed E-state index contributed by atoms with van der Waals surface area (Å²) in [5, 5.41) is 11.7. The molecule has 0 bridgehead atoms. The monoisotopic (exact) mass is 536 g/mol. The summed E-state index contributed by atoms with van der Waals surface area (Å²) in [6, 6.07) is 21.2. The van der Waals surface area contributed by atoms with Gasteiger partial charge in [-0.05, 0) is 35.2 Å². The van der Waals surface area contributed by atoms with Gasteiger partial charge in [0.2, 0.25) is 0 Å². The van der Waals surface area contributed by atoms with E-state index < -0.39 is 8.32 Å². The van der Waals surface area contributed by atoms with Gasteiger partial charge in [0.25, 0.3) is 8.32 Å². The lowest BCUT2D eigenvalue weighted by Crippen LogP contribution is -2.68. The van der Waals surface area contributed by atoms with Gasteiger partial charge in [0, 0.05) is 7.11 Å². The van der Waals surface area contributed by atoms with Crippen molar-refractivity contribution in [2.45, 2.75) is 63.9 Å². The number of aliphatic hydroxyl groups excluding tert-OH is 1. The maximum Gasteiger partial charge on any atom is 0.261 e. The Bertz CT molecular complexity index is 1000. The number of benzene rings is 2. The quantitative estimate of drug-likeness (QED) is 0.218. The van der Waals surface area contributed by atoms with Gasteiger partial charge in [-0.25, -0.2) is 0 Å². The van der Waals surface area contributed by atoms with Gasteiger partial charge in [-0.2, -0.15) is 0 Å². The highest BCUT2D eigenvalue weighted by Crippen LogP contribution is 2.38. The van der Waals surface area contributed by atoms with Crippen molar-refractivity contribution in [2.24, 2.45) is 0 Å². The Morgan fingerprint density at radius 1 is 1.03 bits per heavy atom. The Balaban J connectivity index is 2.10.